The Labute approximate surface area is 123 Å². The number of aryl methyl sites for hydroxylation is 2. The van der Waals surface area contributed by atoms with Crippen molar-refractivity contribution in [2.24, 2.45) is 5.73 Å². The molecule has 2 aromatic carbocycles. The molecule has 0 aliphatic rings. The summed E-state index contributed by atoms with van der Waals surface area (Å²) in [5.41, 5.74) is 8.55. The average Bonchev–Trinajstić information content (AvgIpc) is 2.54. The number of hydrogen-bond acceptors (Lipinski definition) is 3. The van der Waals surface area contributed by atoms with Crippen LogP contribution in [-0.2, 0) is 19.4 Å². The van der Waals surface area contributed by atoms with Crippen molar-refractivity contribution >= 4 is 11.0 Å². The summed E-state index contributed by atoms with van der Waals surface area (Å²) in [6.07, 6.45) is 1.74. The molecule has 1 aromatic heterocycles. The van der Waals surface area contributed by atoms with Gasteiger partial charge in [-0.2, -0.15) is 0 Å². The van der Waals surface area contributed by atoms with E-state index >= 15 is 0 Å². The van der Waals surface area contributed by atoms with Gasteiger partial charge in [0.1, 0.15) is 11.3 Å². The number of benzene rings is 2. The Bertz CT molecular complexity index is 806. The summed E-state index contributed by atoms with van der Waals surface area (Å²) in [6, 6.07) is 17.5. The van der Waals surface area contributed by atoms with Crippen LogP contribution in [0.2, 0.25) is 0 Å². The smallest absolute Gasteiger partial charge is 0.193 e. The van der Waals surface area contributed by atoms with Gasteiger partial charge in [0, 0.05) is 6.07 Å². The molecule has 0 saturated carbocycles. The molecule has 3 heteroatoms. The van der Waals surface area contributed by atoms with Crippen LogP contribution in [0.5, 0.6) is 0 Å². The summed E-state index contributed by atoms with van der Waals surface area (Å²) in [6.45, 7) is 0.234. The monoisotopic (exact) mass is 279 g/mol. The van der Waals surface area contributed by atoms with Crippen LogP contribution in [0.25, 0.3) is 11.0 Å². The number of hydrogen-bond donors (Lipinski definition) is 1. The van der Waals surface area contributed by atoms with Gasteiger partial charge < -0.3 is 10.2 Å². The maximum atomic E-state index is 12.1. The highest BCUT2D eigenvalue weighted by Crippen LogP contribution is 2.19. The molecule has 0 fully saturated rings. The van der Waals surface area contributed by atoms with E-state index in [-0.39, 0.29) is 12.0 Å². The fraction of sp³-hybridized carbons (Fsp3) is 0.167. The van der Waals surface area contributed by atoms with Gasteiger partial charge in [-0.1, -0.05) is 42.5 Å². The molecule has 3 nitrogen and oxygen atoms in total. The number of nitrogens with two attached hydrogens (primary N) is 1. The molecule has 0 atom stereocenters. The third kappa shape index (κ3) is 2.88. The highest BCUT2D eigenvalue weighted by Gasteiger charge is 2.08. The Balaban J connectivity index is 1.98. The van der Waals surface area contributed by atoms with Crippen LogP contribution in [-0.4, -0.2) is 0 Å². The standard InChI is InChI=1S/C18H17NO2/c19-12-15-11-17(20)16-8-4-7-14(18(16)21-15)10-9-13-5-2-1-3-6-13/h1-8,11H,9-10,12,19H2. The van der Waals surface area contributed by atoms with Gasteiger partial charge >= 0.3 is 0 Å². The minimum absolute atomic E-state index is 0.0294. The van der Waals surface area contributed by atoms with Crippen LogP contribution >= 0.6 is 0 Å². The molecule has 0 unspecified atom stereocenters. The molecule has 0 aliphatic heterocycles. The second-order valence-corrected chi connectivity index (χ2v) is 5.06. The van der Waals surface area contributed by atoms with Crippen LogP contribution in [0.1, 0.15) is 16.9 Å². The molecule has 0 bridgehead atoms. The van der Waals surface area contributed by atoms with E-state index in [1.807, 2.05) is 30.3 Å². The summed E-state index contributed by atoms with van der Waals surface area (Å²) in [4.78, 5) is 12.1. The SMILES string of the molecule is NCc1cc(=O)c2cccc(CCc3ccccc3)c2o1. The van der Waals surface area contributed by atoms with Gasteiger partial charge in [-0.15, -0.1) is 0 Å². The highest BCUT2D eigenvalue weighted by atomic mass is 16.3. The molecule has 1 heterocycles. The van der Waals surface area contributed by atoms with E-state index in [0.29, 0.717) is 16.7 Å². The quantitative estimate of drug-likeness (QED) is 0.798. The van der Waals surface area contributed by atoms with E-state index in [0.717, 1.165) is 18.4 Å². The van der Waals surface area contributed by atoms with Crippen LogP contribution in [0.4, 0.5) is 0 Å². The van der Waals surface area contributed by atoms with E-state index in [1.165, 1.54) is 11.6 Å². The zero-order valence-electron chi connectivity index (χ0n) is 11.7. The zero-order valence-corrected chi connectivity index (χ0v) is 11.7. The van der Waals surface area contributed by atoms with Gasteiger partial charge in [0.05, 0.1) is 11.9 Å². The molecule has 3 rings (SSSR count). The van der Waals surface area contributed by atoms with Crippen molar-refractivity contribution in [3.8, 4) is 0 Å². The summed E-state index contributed by atoms with van der Waals surface area (Å²) < 4.78 is 5.79. The predicted octanol–water partition coefficient (Wildman–Crippen LogP) is 3.04. The molecular weight excluding hydrogens is 262 g/mol. The average molecular weight is 279 g/mol. The summed E-state index contributed by atoms with van der Waals surface area (Å²) >= 11 is 0. The number of fused-ring (bicyclic) bond motifs is 1. The van der Waals surface area contributed by atoms with Gasteiger partial charge in [0.15, 0.2) is 5.43 Å². The molecule has 0 aliphatic carbocycles. The van der Waals surface area contributed by atoms with Gasteiger partial charge in [-0.25, -0.2) is 0 Å². The molecule has 0 spiro atoms. The lowest BCUT2D eigenvalue weighted by molar-refractivity contribution is 0.535. The largest absolute Gasteiger partial charge is 0.459 e. The summed E-state index contributed by atoms with van der Waals surface area (Å²) in [7, 11) is 0. The molecule has 21 heavy (non-hydrogen) atoms. The lowest BCUT2D eigenvalue weighted by atomic mass is 10.0. The first-order valence-corrected chi connectivity index (χ1v) is 7.06. The van der Waals surface area contributed by atoms with E-state index in [9.17, 15) is 4.79 Å². The third-order valence-corrected chi connectivity index (χ3v) is 3.61. The molecular formula is C18H17NO2. The minimum atomic E-state index is -0.0294. The zero-order chi connectivity index (χ0) is 14.7. The Morgan fingerprint density at radius 2 is 1.76 bits per heavy atom. The van der Waals surface area contributed by atoms with Gasteiger partial charge in [0.2, 0.25) is 0 Å². The fourth-order valence-electron chi connectivity index (χ4n) is 2.51. The molecule has 3 aromatic rings. The molecule has 0 radical (unpaired) electrons. The van der Waals surface area contributed by atoms with Crippen LogP contribution in [0.15, 0.2) is 63.8 Å². The molecule has 0 amide bonds. The normalized spacial score (nSPS) is 10.9. The van der Waals surface area contributed by atoms with Crippen LogP contribution in [0, 0.1) is 0 Å². The Morgan fingerprint density at radius 3 is 2.52 bits per heavy atom. The van der Waals surface area contributed by atoms with Crippen molar-refractivity contribution < 1.29 is 4.42 Å². The van der Waals surface area contributed by atoms with Crippen molar-refractivity contribution in [1.82, 2.24) is 0 Å². The van der Waals surface area contributed by atoms with Crippen molar-refractivity contribution in [2.45, 2.75) is 19.4 Å². The minimum Gasteiger partial charge on any atom is -0.459 e. The topological polar surface area (TPSA) is 56.2 Å². The van der Waals surface area contributed by atoms with E-state index in [4.69, 9.17) is 10.2 Å². The van der Waals surface area contributed by atoms with Crippen LogP contribution < -0.4 is 11.2 Å². The van der Waals surface area contributed by atoms with Gasteiger partial charge in [0.25, 0.3) is 0 Å². The highest BCUT2D eigenvalue weighted by molar-refractivity contribution is 5.79. The molecule has 0 saturated heterocycles. The Morgan fingerprint density at radius 1 is 0.952 bits per heavy atom. The molecule has 106 valence electrons. The second-order valence-electron chi connectivity index (χ2n) is 5.06. The first-order chi connectivity index (χ1) is 10.3. The van der Waals surface area contributed by atoms with E-state index in [2.05, 4.69) is 12.1 Å². The number of para-hydroxylation sites is 1. The first-order valence-electron chi connectivity index (χ1n) is 7.06. The first kappa shape index (κ1) is 13.6. The summed E-state index contributed by atoms with van der Waals surface area (Å²) in [5.74, 6) is 0.527. The third-order valence-electron chi connectivity index (χ3n) is 3.61. The van der Waals surface area contributed by atoms with Gasteiger partial charge in [-0.3, -0.25) is 4.79 Å². The van der Waals surface area contributed by atoms with Gasteiger partial charge in [-0.05, 0) is 30.0 Å². The predicted molar refractivity (Wildman–Crippen MR) is 84.2 cm³/mol. The lowest BCUT2D eigenvalue weighted by Gasteiger charge is -2.07. The summed E-state index contributed by atoms with van der Waals surface area (Å²) in [5, 5.41) is 0.623. The lowest BCUT2D eigenvalue weighted by Crippen LogP contribution is -2.06. The van der Waals surface area contributed by atoms with E-state index < -0.39 is 0 Å². The van der Waals surface area contributed by atoms with Crippen molar-refractivity contribution in [2.75, 3.05) is 0 Å². The second kappa shape index (κ2) is 5.94. The maximum absolute atomic E-state index is 12.1. The maximum Gasteiger partial charge on any atom is 0.193 e. The van der Waals surface area contributed by atoms with Crippen molar-refractivity contribution in [3.05, 3.63) is 81.7 Å². The van der Waals surface area contributed by atoms with Crippen LogP contribution in [0.3, 0.4) is 0 Å². The van der Waals surface area contributed by atoms with Crippen molar-refractivity contribution in [3.63, 3.8) is 0 Å². The van der Waals surface area contributed by atoms with E-state index in [1.54, 1.807) is 6.07 Å². The van der Waals surface area contributed by atoms with Crippen molar-refractivity contribution in [1.29, 1.82) is 0 Å². The fourth-order valence-corrected chi connectivity index (χ4v) is 2.51. The number of rotatable bonds is 4. The Hall–Kier alpha value is -2.39. The molecule has 2 N–H and O–H groups in total. The Kier molecular flexibility index (Phi) is 3.84.